The van der Waals surface area contributed by atoms with Crippen LogP contribution in [-0.2, 0) is 13.5 Å². The van der Waals surface area contributed by atoms with Crippen molar-refractivity contribution in [3.8, 4) is 0 Å². The summed E-state index contributed by atoms with van der Waals surface area (Å²) < 4.78 is 2.08. The molecule has 0 aliphatic rings. The van der Waals surface area contributed by atoms with Crippen LogP contribution in [0, 0.1) is 11.3 Å². The lowest BCUT2D eigenvalue weighted by Gasteiger charge is -2.26. The smallest absolute Gasteiger partial charge is 0.108 e. The predicted molar refractivity (Wildman–Crippen MR) is 80.5 cm³/mol. The number of nitrogens with zero attached hydrogens (tertiary/aromatic N) is 2. The quantitative estimate of drug-likeness (QED) is 0.589. The first-order valence-corrected chi connectivity index (χ1v) is 7.24. The van der Waals surface area contributed by atoms with Crippen molar-refractivity contribution in [1.82, 2.24) is 15.0 Å². The van der Waals surface area contributed by atoms with Gasteiger partial charge < -0.3 is 4.57 Å². The molecule has 3 N–H and O–H groups in total. The summed E-state index contributed by atoms with van der Waals surface area (Å²) >= 11 is 0. The Balaban J connectivity index is 2.39. The van der Waals surface area contributed by atoms with Gasteiger partial charge in [0.05, 0.1) is 0 Å². The minimum absolute atomic E-state index is 0.369. The maximum absolute atomic E-state index is 5.69. The number of hydrogen-bond acceptors (Lipinski definition) is 3. The summed E-state index contributed by atoms with van der Waals surface area (Å²) in [6.45, 7) is 9.20. The Morgan fingerprint density at radius 1 is 1.42 bits per heavy atom. The van der Waals surface area contributed by atoms with Gasteiger partial charge in [-0.1, -0.05) is 27.7 Å². The third kappa shape index (κ3) is 6.21. The van der Waals surface area contributed by atoms with Crippen LogP contribution in [0.4, 0.5) is 0 Å². The van der Waals surface area contributed by atoms with Crippen LogP contribution in [0.3, 0.4) is 0 Å². The van der Waals surface area contributed by atoms with E-state index in [4.69, 9.17) is 5.84 Å². The molecule has 0 saturated carbocycles. The number of hydrazine groups is 1. The molecule has 110 valence electrons. The minimum Gasteiger partial charge on any atom is -0.338 e. The van der Waals surface area contributed by atoms with E-state index in [1.54, 1.807) is 0 Å². The van der Waals surface area contributed by atoms with Crippen LogP contribution >= 0.6 is 0 Å². The van der Waals surface area contributed by atoms with Gasteiger partial charge in [-0.2, -0.15) is 0 Å². The van der Waals surface area contributed by atoms with E-state index in [1.807, 2.05) is 19.4 Å². The lowest BCUT2D eigenvalue weighted by molar-refractivity contribution is 0.271. The number of imidazole rings is 1. The van der Waals surface area contributed by atoms with Crippen molar-refractivity contribution >= 4 is 0 Å². The Bertz CT molecular complexity index is 364. The summed E-state index contributed by atoms with van der Waals surface area (Å²) in [6.07, 6.45) is 8.20. The molecule has 19 heavy (non-hydrogen) atoms. The van der Waals surface area contributed by atoms with Crippen molar-refractivity contribution in [2.24, 2.45) is 24.2 Å². The van der Waals surface area contributed by atoms with Crippen molar-refractivity contribution in [2.45, 2.75) is 59.4 Å². The third-order valence-electron chi connectivity index (χ3n) is 3.52. The molecule has 0 bridgehead atoms. The number of hydrogen-bond donors (Lipinski definition) is 2. The van der Waals surface area contributed by atoms with E-state index in [-0.39, 0.29) is 0 Å². The van der Waals surface area contributed by atoms with E-state index < -0.39 is 0 Å². The highest BCUT2D eigenvalue weighted by Crippen LogP contribution is 2.27. The molecular weight excluding hydrogens is 236 g/mol. The van der Waals surface area contributed by atoms with E-state index in [1.165, 1.54) is 6.42 Å². The molecule has 0 saturated heterocycles. The summed E-state index contributed by atoms with van der Waals surface area (Å²) in [4.78, 5) is 4.35. The second-order valence-corrected chi connectivity index (χ2v) is 6.96. The zero-order chi connectivity index (χ0) is 14.5. The van der Waals surface area contributed by atoms with E-state index in [2.05, 4.69) is 42.7 Å². The highest BCUT2D eigenvalue weighted by molar-refractivity contribution is 4.92. The molecule has 1 heterocycles. The van der Waals surface area contributed by atoms with Gasteiger partial charge in [0.15, 0.2) is 0 Å². The summed E-state index contributed by atoms with van der Waals surface area (Å²) in [5.74, 6) is 7.50. The first-order chi connectivity index (χ1) is 8.81. The molecule has 0 radical (unpaired) electrons. The Kier molecular flexibility index (Phi) is 6.01. The molecule has 0 aliphatic heterocycles. The van der Waals surface area contributed by atoms with Crippen LogP contribution in [-0.4, -0.2) is 15.6 Å². The molecule has 2 atom stereocenters. The lowest BCUT2D eigenvalue weighted by Crippen LogP contribution is -2.37. The first kappa shape index (κ1) is 16.2. The molecule has 0 aliphatic carbocycles. The Labute approximate surface area is 117 Å². The number of rotatable bonds is 7. The zero-order valence-electron chi connectivity index (χ0n) is 13.1. The average molecular weight is 266 g/mol. The average Bonchev–Trinajstić information content (AvgIpc) is 2.67. The minimum atomic E-state index is 0.369. The van der Waals surface area contributed by atoms with E-state index >= 15 is 0 Å². The van der Waals surface area contributed by atoms with E-state index in [0.29, 0.717) is 17.4 Å². The third-order valence-corrected chi connectivity index (χ3v) is 3.52. The summed E-state index contributed by atoms with van der Waals surface area (Å²) in [6, 6.07) is 0.369. The Hall–Kier alpha value is -0.870. The summed E-state index contributed by atoms with van der Waals surface area (Å²) in [5, 5.41) is 0. The van der Waals surface area contributed by atoms with E-state index in [0.717, 1.165) is 25.1 Å². The van der Waals surface area contributed by atoms with Crippen LogP contribution < -0.4 is 11.3 Å². The molecule has 1 aromatic heterocycles. The molecule has 0 aromatic carbocycles. The summed E-state index contributed by atoms with van der Waals surface area (Å²) in [7, 11) is 2.04. The van der Waals surface area contributed by atoms with Gasteiger partial charge in [0.1, 0.15) is 5.82 Å². The topological polar surface area (TPSA) is 55.9 Å². The lowest BCUT2D eigenvalue weighted by atomic mass is 9.82. The summed E-state index contributed by atoms with van der Waals surface area (Å²) in [5.41, 5.74) is 3.35. The van der Waals surface area contributed by atoms with Gasteiger partial charge >= 0.3 is 0 Å². The van der Waals surface area contributed by atoms with Gasteiger partial charge in [-0.3, -0.25) is 11.3 Å². The van der Waals surface area contributed by atoms with Crippen molar-refractivity contribution in [2.75, 3.05) is 0 Å². The number of aryl methyl sites for hydroxylation is 2. The molecule has 4 heteroatoms. The maximum Gasteiger partial charge on any atom is 0.108 e. The molecule has 0 fully saturated rings. The van der Waals surface area contributed by atoms with Gasteiger partial charge in [0, 0.05) is 31.9 Å². The van der Waals surface area contributed by atoms with Crippen LogP contribution in [0.25, 0.3) is 0 Å². The molecule has 1 aromatic rings. The molecule has 2 unspecified atom stereocenters. The van der Waals surface area contributed by atoms with Crippen LogP contribution in [0.2, 0.25) is 0 Å². The van der Waals surface area contributed by atoms with Crippen LogP contribution in [0.15, 0.2) is 12.4 Å². The van der Waals surface area contributed by atoms with E-state index in [9.17, 15) is 0 Å². The van der Waals surface area contributed by atoms with Crippen LogP contribution in [0.1, 0.15) is 52.8 Å². The molecule has 0 amide bonds. The van der Waals surface area contributed by atoms with Crippen LogP contribution in [0.5, 0.6) is 0 Å². The van der Waals surface area contributed by atoms with Gasteiger partial charge in [0.2, 0.25) is 0 Å². The van der Waals surface area contributed by atoms with Crippen molar-refractivity contribution < 1.29 is 0 Å². The second kappa shape index (κ2) is 7.06. The normalized spacial score (nSPS) is 15.5. The number of aromatic nitrogens is 2. The molecular formula is C15H30N4. The van der Waals surface area contributed by atoms with Gasteiger partial charge in [-0.25, -0.2) is 4.98 Å². The standard InChI is InChI=1S/C15H30N4/c1-12(11-15(2,3)4)10-13(18-16)6-7-14-17-8-9-19(14)5/h8-9,12-13,18H,6-7,10-11,16H2,1-5H3. The van der Waals surface area contributed by atoms with Crippen molar-refractivity contribution in [3.63, 3.8) is 0 Å². The van der Waals surface area contributed by atoms with Gasteiger partial charge in [-0.05, 0) is 30.6 Å². The molecule has 0 spiro atoms. The fourth-order valence-corrected chi connectivity index (χ4v) is 2.82. The second-order valence-electron chi connectivity index (χ2n) is 6.96. The fourth-order valence-electron chi connectivity index (χ4n) is 2.82. The van der Waals surface area contributed by atoms with Gasteiger partial charge in [0.25, 0.3) is 0 Å². The highest BCUT2D eigenvalue weighted by atomic mass is 15.2. The monoisotopic (exact) mass is 266 g/mol. The number of nitrogens with two attached hydrogens (primary N) is 1. The fraction of sp³-hybridized carbons (Fsp3) is 0.800. The molecule has 4 nitrogen and oxygen atoms in total. The maximum atomic E-state index is 5.69. The van der Waals surface area contributed by atoms with Crippen molar-refractivity contribution in [3.05, 3.63) is 18.2 Å². The number of nitrogens with one attached hydrogen (secondary N) is 1. The first-order valence-electron chi connectivity index (χ1n) is 7.24. The Morgan fingerprint density at radius 3 is 2.58 bits per heavy atom. The zero-order valence-corrected chi connectivity index (χ0v) is 13.1. The largest absolute Gasteiger partial charge is 0.338 e. The SMILES string of the molecule is CC(CC(CCc1nccn1C)NN)CC(C)(C)C. The Morgan fingerprint density at radius 2 is 2.11 bits per heavy atom. The highest BCUT2D eigenvalue weighted by Gasteiger charge is 2.18. The molecule has 1 rings (SSSR count). The predicted octanol–water partition coefficient (Wildman–Crippen LogP) is 2.65. The van der Waals surface area contributed by atoms with Gasteiger partial charge in [-0.15, -0.1) is 0 Å². The van der Waals surface area contributed by atoms with Crippen molar-refractivity contribution in [1.29, 1.82) is 0 Å².